The molecule has 0 saturated carbocycles. The third kappa shape index (κ3) is 4.49. The Morgan fingerprint density at radius 2 is 2.08 bits per heavy atom. The van der Waals surface area contributed by atoms with Crippen molar-refractivity contribution in [2.75, 3.05) is 11.9 Å². The molecule has 0 spiro atoms. The summed E-state index contributed by atoms with van der Waals surface area (Å²) in [5, 5.41) is 15.7. The first kappa shape index (κ1) is 19.2. The Balaban J connectivity index is 0.00000208. The van der Waals surface area contributed by atoms with Gasteiger partial charge in [0, 0.05) is 10.6 Å². The van der Waals surface area contributed by atoms with Gasteiger partial charge in [-0.3, -0.25) is 0 Å². The molecule has 6 heteroatoms. The van der Waals surface area contributed by atoms with Gasteiger partial charge in [0.2, 0.25) is 0 Å². The molecule has 1 aromatic carbocycles. The van der Waals surface area contributed by atoms with Gasteiger partial charge in [-0.05, 0) is 61.2 Å². The number of hydrogen-bond donors (Lipinski definition) is 3. The number of aryl methyl sites for hydroxylation is 1. The molecule has 0 radical (unpaired) electrons. The van der Waals surface area contributed by atoms with E-state index in [0.29, 0.717) is 5.96 Å². The van der Waals surface area contributed by atoms with Crippen molar-refractivity contribution in [1.82, 2.24) is 0 Å². The Kier molecular flexibility index (Phi) is 6.65. The van der Waals surface area contributed by atoms with Gasteiger partial charge in [0.05, 0.1) is 6.54 Å². The summed E-state index contributed by atoms with van der Waals surface area (Å²) in [5.74, 6) is 0.348. The van der Waals surface area contributed by atoms with E-state index in [1.807, 2.05) is 23.6 Å². The minimum atomic E-state index is -0.990. The quantitative estimate of drug-likeness (QED) is 0.371. The molecule has 1 aliphatic rings. The zero-order valence-electron chi connectivity index (χ0n) is 13.8. The van der Waals surface area contributed by atoms with Gasteiger partial charge in [-0.1, -0.05) is 18.2 Å². The van der Waals surface area contributed by atoms with Gasteiger partial charge >= 0.3 is 0 Å². The molecule has 0 saturated heterocycles. The Labute approximate surface area is 164 Å². The lowest BCUT2D eigenvalue weighted by molar-refractivity contribution is 0.0713. The third-order valence-corrected chi connectivity index (χ3v) is 5.39. The van der Waals surface area contributed by atoms with Crippen LogP contribution in [0.5, 0.6) is 0 Å². The molecule has 24 heavy (non-hydrogen) atoms. The number of rotatable bonds is 4. The number of hydrogen-bond acceptors (Lipinski definition) is 3. The van der Waals surface area contributed by atoms with E-state index in [0.717, 1.165) is 23.4 Å². The first-order valence-electron chi connectivity index (χ1n) is 8.00. The Morgan fingerprint density at radius 1 is 1.29 bits per heavy atom. The molecule has 4 nitrogen and oxygen atoms in total. The van der Waals surface area contributed by atoms with Crippen molar-refractivity contribution in [3.8, 4) is 0 Å². The summed E-state index contributed by atoms with van der Waals surface area (Å²) in [7, 11) is 0. The minimum absolute atomic E-state index is 0. The molecule has 3 rings (SSSR count). The van der Waals surface area contributed by atoms with Gasteiger partial charge in [-0.2, -0.15) is 0 Å². The number of thiophene rings is 1. The molecular formula is C18H24IN3OS. The van der Waals surface area contributed by atoms with Crippen LogP contribution in [0.3, 0.4) is 0 Å². The molecule has 4 N–H and O–H groups in total. The average Bonchev–Trinajstić information content (AvgIpc) is 3.09. The number of aliphatic hydroxyl groups is 1. The highest BCUT2D eigenvalue weighted by molar-refractivity contribution is 14.0. The molecule has 1 atom stereocenters. The fraction of sp³-hybridized carbons (Fsp3) is 0.389. The first-order chi connectivity index (χ1) is 11.1. The van der Waals surface area contributed by atoms with Gasteiger partial charge < -0.3 is 16.2 Å². The Morgan fingerprint density at radius 3 is 2.83 bits per heavy atom. The van der Waals surface area contributed by atoms with Crippen molar-refractivity contribution in [3.05, 3.63) is 51.7 Å². The van der Waals surface area contributed by atoms with E-state index in [1.165, 1.54) is 35.3 Å². The second-order valence-electron chi connectivity index (χ2n) is 6.23. The molecule has 0 aliphatic heterocycles. The summed E-state index contributed by atoms with van der Waals surface area (Å²) >= 11 is 1.52. The molecule has 2 aromatic rings. The number of nitrogens with one attached hydrogen (secondary N) is 1. The first-order valence-corrected chi connectivity index (χ1v) is 8.88. The fourth-order valence-corrected chi connectivity index (χ4v) is 3.76. The van der Waals surface area contributed by atoms with E-state index in [2.05, 4.69) is 22.4 Å². The predicted molar refractivity (Wildman–Crippen MR) is 113 cm³/mol. The summed E-state index contributed by atoms with van der Waals surface area (Å²) < 4.78 is 0. The summed E-state index contributed by atoms with van der Waals surface area (Å²) in [5.41, 5.74) is 8.83. The van der Waals surface area contributed by atoms with Crippen LogP contribution in [-0.2, 0) is 18.4 Å². The van der Waals surface area contributed by atoms with E-state index in [9.17, 15) is 5.11 Å². The van der Waals surface area contributed by atoms with Crippen molar-refractivity contribution in [3.63, 3.8) is 0 Å². The maximum absolute atomic E-state index is 10.5. The topological polar surface area (TPSA) is 70.6 Å². The number of guanidine groups is 1. The fourth-order valence-electron chi connectivity index (χ4n) is 2.98. The van der Waals surface area contributed by atoms with E-state index in [1.54, 1.807) is 6.92 Å². The van der Waals surface area contributed by atoms with Crippen LogP contribution in [0.2, 0.25) is 0 Å². The van der Waals surface area contributed by atoms with Gasteiger partial charge in [0.15, 0.2) is 5.96 Å². The van der Waals surface area contributed by atoms with Crippen LogP contribution < -0.4 is 11.1 Å². The van der Waals surface area contributed by atoms with Crippen LogP contribution in [0.4, 0.5) is 5.69 Å². The predicted octanol–water partition coefficient (Wildman–Crippen LogP) is 3.88. The van der Waals surface area contributed by atoms with E-state index < -0.39 is 5.60 Å². The minimum Gasteiger partial charge on any atom is -0.383 e. The maximum Gasteiger partial charge on any atom is 0.193 e. The lowest BCUT2D eigenvalue weighted by atomic mass is 9.90. The van der Waals surface area contributed by atoms with Crippen LogP contribution in [-0.4, -0.2) is 17.6 Å². The largest absolute Gasteiger partial charge is 0.383 e. The standard InChI is InChI=1S/C18H23N3OS.HI/c1-18(22,16-10-5-11-23-16)12-20-17(19)21-15-9-4-7-13-6-2-3-8-14(13)15;/h4-5,7,9-11,22H,2-3,6,8,12H2,1H3,(H3,19,20,21);1H. The number of aliphatic imine (C=N–C) groups is 1. The second-order valence-corrected chi connectivity index (χ2v) is 7.18. The summed E-state index contributed by atoms with van der Waals surface area (Å²) in [6.07, 6.45) is 4.69. The second kappa shape index (κ2) is 8.31. The van der Waals surface area contributed by atoms with Crippen molar-refractivity contribution in [2.24, 2.45) is 10.7 Å². The van der Waals surface area contributed by atoms with Gasteiger partial charge in [0.25, 0.3) is 0 Å². The van der Waals surface area contributed by atoms with E-state index in [4.69, 9.17) is 5.73 Å². The van der Waals surface area contributed by atoms with E-state index in [-0.39, 0.29) is 30.5 Å². The number of anilines is 1. The van der Waals surface area contributed by atoms with Gasteiger partial charge in [-0.15, -0.1) is 35.3 Å². The van der Waals surface area contributed by atoms with Crippen molar-refractivity contribution < 1.29 is 5.11 Å². The molecule has 0 fully saturated rings. The van der Waals surface area contributed by atoms with E-state index >= 15 is 0 Å². The lowest BCUT2D eigenvalue weighted by Crippen LogP contribution is -2.29. The highest BCUT2D eigenvalue weighted by Gasteiger charge is 2.24. The molecule has 0 amide bonds. The number of nitrogens with zero attached hydrogens (tertiary/aromatic N) is 1. The molecule has 1 unspecified atom stereocenters. The zero-order valence-corrected chi connectivity index (χ0v) is 16.9. The number of benzene rings is 1. The Bertz CT molecular complexity index is 698. The highest BCUT2D eigenvalue weighted by Crippen LogP contribution is 2.28. The Hall–Kier alpha value is -1.12. The van der Waals surface area contributed by atoms with Crippen molar-refractivity contribution in [1.29, 1.82) is 0 Å². The number of fused-ring (bicyclic) bond motifs is 1. The summed E-state index contributed by atoms with van der Waals surface area (Å²) in [6, 6.07) is 10.1. The van der Waals surface area contributed by atoms with Crippen molar-refractivity contribution in [2.45, 2.75) is 38.2 Å². The third-order valence-electron chi connectivity index (χ3n) is 4.27. The van der Waals surface area contributed by atoms with Gasteiger partial charge in [0.1, 0.15) is 5.60 Å². The van der Waals surface area contributed by atoms with Crippen LogP contribution in [0.25, 0.3) is 0 Å². The lowest BCUT2D eigenvalue weighted by Gasteiger charge is -2.21. The molecule has 1 aromatic heterocycles. The highest BCUT2D eigenvalue weighted by atomic mass is 127. The molecule has 0 bridgehead atoms. The monoisotopic (exact) mass is 457 g/mol. The van der Waals surface area contributed by atoms with Crippen LogP contribution >= 0.6 is 35.3 Å². The molecule has 130 valence electrons. The normalized spacial score (nSPS) is 16.7. The van der Waals surface area contributed by atoms with Crippen molar-refractivity contribution >= 4 is 47.0 Å². The average molecular weight is 457 g/mol. The molecule has 1 aliphatic carbocycles. The summed E-state index contributed by atoms with van der Waals surface area (Å²) in [4.78, 5) is 5.23. The van der Waals surface area contributed by atoms with Crippen LogP contribution in [0.15, 0.2) is 40.7 Å². The molecular weight excluding hydrogens is 433 g/mol. The number of halogens is 1. The number of nitrogens with two attached hydrogens (primary N) is 1. The SMILES string of the molecule is CC(O)(CN=C(N)Nc1cccc2c1CCCC2)c1cccs1.I. The van der Waals surface area contributed by atoms with Gasteiger partial charge in [-0.25, -0.2) is 4.99 Å². The van der Waals surface area contributed by atoms with Crippen LogP contribution in [0.1, 0.15) is 35.8 Å². The summed E-state index contributed by atoms with van der Waals surface area (Å²) in [6.45, 7) is 2.00. The van der Waals surface area contributed by atoms with Crippen LogP contribution in [0, 0.1) is 0 Å². The zero-order chi connectivity index (χ0) is 16.3. The molecule has 1 heterocycles. The smallest absolute Gasteiger partial charge is 0.193 e. The maximum atomic E-state index is 10.5.